The second-order valence-electron chi connectivity index (χ2n) is 5.98. The van der Waals surface area contributed by atoms with Crippen LogP contribution in [0.25, 0.3) is 0 Å². The summed E-state index contributed by atoms with van der Waals surface area (Å²) in [5.74, 6) is 1.98. The molecule has 0 spiro atoms. The summed E-state index contributed by atoms with van der Waals surface area (Å²) in [7, 11) is 0. The predicted octanol–water partition coefficient (Wildman–Crippen LogP) is 3.44. The van der Waals surface area contributed by atoms with Gasteiger partial charge in [0.05, 0.1) is 6.54 Å². The highest BCUT2D eigenvalue weighted by atomic mass is 16.6. The summed E-state index contributed by atoms with van der Waals surface area (Å²) in [6.45, 7) is 0.685. The number of hydrogen-bond donors (Lipinski definition) is 1. The van der Waals surface area contributed by atoms with Crippen LogP contribution >= 0.6 is 0 Å². The number of ether oxygens (including phenoxy) is 3. The molecule has 1 atom stereocenters. The number of hydrogen-bond acceptors (Lipinski definition) is 5. The van der Waals surface area contributed by atoms with Crippen molar-refractivity contribution in [2.24, 2.45) is 0 Å². The number of aromatic nitrogens is 1. The summed E-state index contributed by atoms with van der Waals surface area (Å²) in [6.07, 6.45) is 1.32. The molecule has 27 heavy (non-hydrogen) atoms. The average Bonchev–Trinajstić information content (AvgIpc) is 2.73. The lowest BCUT2D eigenvalue weighted by Crippen LogP contribution is -2.40. The van der Waals surface area contributed by atoms with Gasteiger partial charge in [0.2, 0.25) is 5.88 Å². The molecule has 0 radical (unpaired) electrons. The molecule has 1 unspecified atom stereocenters. The predicted molar refractivity (Wildman–Crippen MR) is 99.4 cm³/mol. The van der Waals surface area contributed by atoms with E-state index in [1.165, 1.54) is 0 Å². The van der Waals surface area contributed by atoms with Crippen LogP contribution in [0.1, 0.15) is 10.4 Å². The van der Waals surface area contributed by atoms with Crippen molar-refractivity contribution in [2.45, 2.75) is 6.10 Å². The van der Waals surface area contributed by atoms with E-state index in [9.17, 15) is 4.79 Å². The van der Waals surface area contributed by atoms with Crippen LogP contribution in [0.15, 0.2) is 72.9 Å². The van der Waals surface area contributed by atoms with Crippen molar-refractivity contribution in [3.8, 4) is 23.1 Å². The molecule has 6 heteroatoms. The highest BCUT2D eigenvalue weighted by Gasteiger charge is 2.22. The van der Waals surface area contributed by atoms with E-state index in [2.05, 4.69) is 10.3 Å². The van der Waals surface area contributed by atoms with Gasteiger partial charge in [-0.25, -0.2) is 4.98 Å². The van der Waals surface area contributed by atoms with Crippen LogP contribution in [0.4, 0.5) is 0 Å². The second kappa shape index (κ2) is 7.78. The minimum Gasteiger partial charge on any atom is -0.486 e. The lowest BCUT2D eigenvalue weighted by Gasteiger charge is -2.26. The van der Waals surface area contributed by atoms with Crippen LogP contribution in [-0.4, -0.2) is 30.1 Å². The van der Waals surface area contributed by atoms with E-state index in [1.54, 1.807) is 30.5 Å². The molecule has 0 fully saturated rings. The fourth-order valence-electron chi connectivity index (χ4n) is 2.71. The van der Waals surface area contributed by atoms with Crippen LogP contribution in [-0.2, 0) is 0 Å². The molecule has 0 saturated heterocycles. The molecule has 0 aliphatic carbocycles. The Bertz CT molecular complexity index is 930. The number of nitrogens with one attached hydrogen (secondary N) is 1. The zero-order chi connectivity index (χ0) is 18.5. The zero-order valence-electron chi connectivity index (χ0n) is 14.5. The number of pyridine rings is 1. The molecule has 1 amide bonds. The summed E-state index contributed by atoms with van der Waals surface area (Å²) in [5.41, 5.74) is 0.360. The molecule has 2 aromatic carbocycles. The van der Waals surface area contributed by atoms with Crippen molar-refractivity contribution >= 4 is 5.91 Å². The zero-order valence-corrected chi connectivity index (χ0v) is 14.5. The number of rotatable bonds is 5. The normalized spacial score (nSPS) is 15.0. The maximum absolute atomic E-state index is 12.6. The first kappa shape index (κ1) is 16.9. The molecule has 1 N–H and O–H groups in total. The molecule has 4 rings (SSSR count). The Hall–Kier alpha value is -3.54. The molecule has 1 aliphatic heterocycles. The first-order chi connectivity index (χ1) is 13.3. The quantitative estimate of drug-likeness (QED) is 0.753. The van der Waals surface area contributed by atoms with E-state index in [1.807, 2.05) is 42.5 Å². The van der Waals surface area contributed by atoms with Crippen molar-refractivity contribution in [1.29, 1.82) is 0 Å². The maximum atomic E-state index is 12.6. The Balaban J connectivity index is 1.40. The molecule has 136 valence electrons. The molecular weight excluding hydrogens is 344 g/mol. The van der Waals surface area contributed by atoms with E-state index in [0.29, 0.717) is 36.0 Å². The van der Waals surface area contributed by atoms with Crippen molar-refractivity contribution in [1.82, 2.24) is 10.3 Å². The standard InChI is InChI=1S/C21H18N2O4/c24-20(23-13-16-14-25-18-10-4-5-11-19(18)26-16)17-9-6-12-22-21(17)27-15-7-2-1-3-8-15/h1-12,16H,13-14H2,(H,23,24). The number of fused-ring (bicyclic) bond motifs is 1. The molecule has 6 nitrogen and oxygen atoms in total. The molecule has 3 aromatic rings. The van der Waals surface area contributed by atoms with Gasteiger partial charge in [0.15, 0.2) is 11.5 Å². The van der Waals surface area contributed by atoms with Gasteiger partial charge in [0.25, 0.3) is 5.91 Å². The van der Waals surface area contributed by atoms with Gasteiger partial charge >= 0.3 is 0 Å². The Kier molecular flexibility index (Phi) is 4.87. The van der Waals surface area contributed by atoms with Gasteiger partial charge in [-0.3, -0.25) is 4.79 Å². The second-order valence-corrected chi connectivity index (χ2v) is 5.98. The Morgan fingerprint density at radius 3 is 2.67 bits per heavy atom. The van der Waals surface area contributed by atoms with E-state index >= 15 is 0 Å². The molecule has 0 bridgehead atoms. The molecule has 1 aromatic heterocycles. The van der Waals surface area contributed by atoms with Crippen LogP contribution < -0.4 is 19.5 Å². The fourth-order valence-corrected chi connectivity index (χ4v) is 2.71. The fraction of sp³-hybridized carbons (Fsp3) is 0.143. The van der Waals surface area contributed by atoms with Crippen LogP contribution in [0.5, 0.6) is 23.1 Å². The van der Waals surface area contributed by atoms with Crippen LogP contribution in [0.3, 0.4) is 0 Å². The molecule has 1 aliphatic rings. The number of carbonyl (C=O) groups excluding carboxylic acids is 1. The first-order valence-corrected chi connectivity index (χ1v) is 8.64. The van der Waals surface area contributed by atoms with Gasteiger partial charge in [0, 0.05) is 6.20 Å². The van der Waals surface area contributed by atoms with E-state index in [-0.39, 0.29) is 17.9 Å². The summed E-state index contributed by atoms with van der Waals surface area (Å²) in [5, 5.41) is 2.86. The van der Waals surface area contributed by atoms with Gasteiger partial charge in [0.1, 0.15) is 24.0 Å². The van der Waals surface area contributed by atoms with E-state index < -0.39 is 0 Å². The van der Waals surface area contributed by atoms with Gasteiger partial charge in [-0.05, 0) is 36.4 Å². The van der Waals surface area contributed by atoms with Gasteiger partial charge in [-0.15, -0.1) is 0 Å². The summed E-state index contributed by atoms with van der Waals surface area (Å²) >= 11 is 0. The number of benzene rings is 2. The lowest BCUT2D eigenvalue weighted by atomic mass is 10.2. The monoisotopic (exact) mass is 362 g/mol. The maximum Gasteiger partial charge on any atom is 0.256 e. The Morgan fingerprint density at radius 1 is 1.04 bits per heavy atom. The third-order valence-electron chi connectivity index (χ3n) is 4.03. The minimum atomic E-state index is -0.281. The van der Waals surface area contributed by atoms with E-state index in [0.717, 1.165) is 0 Å². The summed E-state index contributed by atoms with van der Waals surface area (Å²) in [4.78, 5) is 16.8. The molecular formula is C21H18N2O4. The van der Waals surface area contributed by atoms with Gasteiger partial charge < -0.3 is 19.5 Å². The Labute approximate surface area is 156 Å². The molecule has 0 saturated carbocycles. The summed E-state index contributed by atoms with van der Waals surface area (Å²) in [6, 6.07) is 20.1. The third kappa shape index (κ3) is 4.00. The van der Waals surface area contributed by atoms with Crippen molar-refractivity contribution < 1.29 is 19.0 Å². The minimum absolute atomic E-state index is 0.257. The summed E-state index contributed by atoms with van der Waals surface area (Å²) < 4.78 is 17.3. The SMILES string of the molecule is O=C(NCC1COc2ccccc2O1)c1cccnc1Oc1ccccc1. The highest BCUT2D eigenvalue weighted by molar-refractivity contribution is 5.96. The molecule has 2 heterocycles. The van der Waals surface area contributed by atoms with Gasteiger partial charge in [-0.2, -0.15) is 0 Å². The number of para-hydroxylation sites is 3. The highest BCUT2D eigenvalue weighted by Crippen LogP contribution is 2.30. The average molecular weight is 362 g/mol. The van der Waals surface area contributed by atoms with Gasteiger partial charge in [-0.1, -0.05) is 30.3 Å². The van der Waals surface area contributed by atoms with Crippen molar-refractivity contribution in [2.75, 3.05) is 13.2 Å². The van der Waals surface area contributed by atoms with Crippen molar-refractivity contribution in [3.63, 3.8) is 0 Å². The topological polar surface area (TPSA) is 69.7 Å². The number of amides is 1. The van der Waals surface area contributed by atoms with Crippen LogP contribution in [0, 0.1) is 0 Å². The Morgan fingerprint density at radius 2 is 1.81 bits per heavy atom. The lowest BCUT2D eigenvalue weighted by molar-refractivity contribution is 0.0787. The number of nitrogens with zero attached hydrogens (tertiary/aromatic N) is 1. The number of carbonyl (C=O) groups is 1. The van der Waals surface area contributed by atoms with Crippen LogP contribution in [0.2, 0.25) is 0 Å². The smallest absolute Gasteiger partial charge is 0.256 e. The van der Waals surface area contributed by atoms with Crippen molar-refractivity contribution in [3.05, 3.63) is 78.5 Å². The van der Waals surface area contributed by atoms with E-state index in [4.69, 9.17) is 14.2 Å². The third-order valence-corrected chi connectivity index (χ3v) is 4.03. The first-order valence-electron chi connectivity index (χ1n) is 8.64. The largest absolute Gasteiger partial charge is 0.486 e.